The highest BCUT2D eigenvalue weighted by Gasteiger charge is 2.31. The Balaban J connectivity index is 1.91. The third-order valence-corrected chi connectivity index (χ3v) is 4.26. The SMILES string of the molecule is Cc1ncc(C(C)NC(CCO)C2CC2)s1. The second-order valence-corrected chi connectivity index (χ2v) is 5.89. The standard InChI is InChI=1S/C12H20N2OS/c1-8(12-7-13-9(2)16-12)14-11(5-6-15)10-3-4-10/h7-8,10-11,14-15H,3-6H2,1-2H3. The molecule has 1 aliphatic carbocycles. The van der Waals surface area contributed by atoms with Gasteiger partial charge >= 0.3 is 0 Å². The van der Waals surface area contributed by atoms with Gasteiger partial charge < -0.3 is 10.4 Å². The van der Waals surface area contributed by atoms with Crippen molar-refractivity contribution in [2.75, 3.05) is 6.61 Å². The van der Waals surface area contributed by atoms with Gasteiger partial charge in [-0.15, -0.1) is 11.3 Å². The first-order valence-electron chi connectivity index (χ1n) is 6.00. The number of nitrogens with one attached hydrogen (secondary N) is 1. The van der Waals surface area contributed by atoms with E-state index in [9.17, 15) is 0 Å². The van der Waals surface area contributed by atoms with Crippen molar-refractivity contribution in [3.05, 3.63) is 16.1 Å². The zero-order chi connectivity index (χ0) is 11.5. The van der Waals surface area contributed by atoms with Crippen molar-refractivity contribution in [2.45, 2.75) is 45.2 Å². The van der Waals surface area contributed by atoms with Crippen LogP contribution in [0.15, 0.2) is 6.20 Å². The average molecular weight is 240 g/mol. The Morgan fingerprint density at radius 3 is 2.88 bits per heavy atom. The first-order chi connectivity index (χ1) is 7.70. The molecule has 2 N–H and O–H groups in total. The fourth-order valence-electron chi connectivity index (χ4n) is 2.07. The van der Waals surface area contributed by atoms with Crippen LogP contribution in [0.25, 0.3) is 0 Å². The highest BCUT2D eigenvalue weighted by Crippen LogP contribution is 2.35. The first kappa shape index (κ1) is 12.0. The number of aryl methyl sites for hydroxylation is 1. The predicted octanol–water partition coefficient (Wildman–Crippen LogP) is 2.26. The van der Waals surface area contributed by atoms with Gasteiger partial charge in [0, 0.05) is 29.8 Å². The van der Waals surface area contributed by atoms with E-state index >= 15 is 0 Å². The maximum absolute atomic E-state index is 9.05. The van der Waals surface area contributed by atoms with Crippen LogP contribution in [0, 0.1) is 12.8 Å². The van der Waals surface area contributed by atoms with Gasteiger partial charge in [0.05, 0.1) is 5.01 Å². The van der Waals surface area contributed by atoms with Gasteiger partial charge in [-0.2, -0.15) is 0 Å². The molecule has 0 bridgehead atoms. The summed E-state index contributed by atoms with van der Waals surface area (Å²) in [6.07, 6.45) is 5.45. The van der Waals surface area contributed by atoms with Crippen LogP contribution in [0.2, 0.25) is 0 Å². The minimum Gasteiger partial charge on any atom is -0.396 e. The van der Waals surface area contributed by atoms with Crippen molar-refractivity contribution in [3.8, 4) is 0 Å². The summed E-state index contributed by atoms with van der Waals surface area (Å²) in [4.78, 5) is 5.57. The molecule has 3 nitrogen and oxygen atoms in total. The van der Waals surface area contributed by atoms with Crippen LogP contribution >= 0.6 is 11.3 Å². The summed E-state index contributed by atoms with van der Waals surface area (Å²) >= 11 is 1.75. The molecule has 1 aromatic rings. The summed E-state index contributed by atoms with van der Waals surface area (Å²) in [5.74, 6) is 0.781. The van der Waals surface area contributed by atoms with Gasteiger partial charge in [-0.1, -0.05) is 0 Å². The van der Waals surface area contributed by atoms with Crippen LogP contribution < -0.4 is 5.32 Å². The van der Waals surface area contributed by atoms with Gasteiger partial charge in [-0.25, -0.2) is 4.98 Å². The fourth-order valence-corrected chi connectivity index (χ4v) is 2.87. The number of rotatable bonds is 6. The maximum atomic E-state index is 9.05. The van der Waals surface area contributed by atoms with Gasteiger partial charge in [0.25, 0.3) is 0 Å². The zero-order valence-electron chi connectivity index (χ0n) is 9.94. The van der Waals surface area contributed by atoms with Gasteiger partial charge in [0.2, 0.25) is 0 Å². The van der Waals surface area contributed by atoms with E-state index in [1.54, 1.807) is 11.3 Å². The maximum Gasteiger partial charge on any atom is 0.0897 e. The largest absolute Gasteiger partial charge is 0.396 e. The molecular weight excluding hydrogens is 220 g/mol. The Labute approximate surface area is 101 Å². The van der Waals surface area contributed by atoms with E-state index in [2.05, 4.69) is 17.2 Å². The lowest BCUT2D eigenvalue weighted by atomic mass is 10.1. The van der Waals surface area contributed by atoms with Crippen molar-refractivity contribution in [1.82, 2.24) is 10.3 Å². The van der Waals surface area contributed by atoms with Crippen LogP contribution in [0.4, 0.5) is 0 Å². The van der Waals surface area contributed by atoms with Crippen LogP contribution in [0.3, 0.4) is 0 Å². The third-order valence-electron chi connectivity index (χ3n) is 3.16. The van der Waals surface area contributed by atoms with Gasteiger partial charge in [-0.3, -0.25) is 0 Å². The molecule has 2 atom stereocenters. The molecule has 0 spiro atoms. The Hall–Kier alpha value is -0.450. The molecule has 1 aliphatic rings. The topological polar surface area (TPSA) is 45.2 Å². The summed E-state index contributed by atoms with van der Waals surface area (Å²) < 4.78 is 0. The highest BCUT2D eigenvalue weighted by atomic mass is 32.1. The molecule has 2 rings (SSSR count). The zero-order valence-corrected chi connectivity index (χ0v) is 10.8. The summed E-state index contributed by atoms with van der Waals surface area (Å²) in [5, 5.41) is 13.8. The number of aliphatic hydroxyl groups is 1. The van der Waals surface area contributed by atoms with E-state index in [-0.39, 0.29) is 6.61 Å². The monoisotopic (exact) mass is 240 g/mol. The molecule has 1 aromatic heterocycles. The quantitative estimate of drug-likeness (QED) is 0.801. The molecule has 0 amide bonds. The predicted molar refractivity (Wildman–Crippen MR) is 66.6 cm³/mol. The summed E-state index contributed by atoms with van der Waals surface area (Å²) in [7, 11) is 0. The molecule has 1 heterocycles. The number of hydrogen-bond donors (Lipinski definition) is 2. The van der Waals surface area contributed by atoms with E-state index in [0.29, 0.717) is 12.1 Å². The molecule has 90 valence electrons. The van der Waals surface area contributed by atoms with Gasteiger partial charge in [0.1, 0.15) is 0 Å². The van der Waals surface area contributed by atoms with Crippen molar-refractivity contribution < 1.29 is 5.11 Å². The second kappa shape index (κ2) is 5.25. The average Bonchev–Trinajstić information content (AvgIpc) is 3.00. The normalized spacial score (nSPS) is 19.7. The molecule has 4 heteroatoms. The Morgan fingerprint density at radius 1 is 1.62 bits per heavy atom. The smallest absolute Gasteiger partial charge is 0.0897 e. The molecule has 0 saturated heterocycles. The van der Waals surface area contributed by atoms with Crippen molar-refractivity contribution >= 4 is 11.3 Å². The number of nitrogens with zero attached hydrogens (tertiary/aromatic N) is 1. The lowest BCUT2D eigenvalue weighted by Gasteiger charge is -2.21. The number of hydrogen-bond acceptors (Lipinski definition) is 4. The molecule has 0 aromatic carbocycles. The summed E-state index contributed by atoms with van der Waals surface area (Å²) in [6.45, 7) is 4.50. The lowest BCUT2D eigenvalue weighted by Crippen LogP contribution is -2.33. The molecule has 1 fully saturated rings. The van der Waals surface area contributed by atoms with Crippen molar-refractivity contribution in [1.29, 1.82) is 0 Å². The van der Waals surface area contributed by atoms with E-state index in [0.717, 1.165) is 17.3 Å². The molecular formula is C12H20N2OS. The molecule has 0 aliphatic heterocycles. The molecule has 16 heavy (non-hydrogen) atoms. The fraction of sp³-hybridized carbons (Fsp3) is 0.750. The Bertz CT molecular complexity index is 336. The minimum absolute atomic E-state index is 0.280. The molecule has 2 unspecified atom stereocenters. The number of aliphatic hydroxyl groups excluding tert-OH is 1. The van der Waals surface area contributed by atoms with E-state index in [1.165, 1.54) is 17.7 Å². The third kappa shape index (κ3) is 3.03. The van der Waals surface area contributed by atoms with E-state index in [1.807, 2.05) is 13.1 Å². The summed E-state index contributed by atoms with van der Waals surface area (Å²) in [6, 6.07) is 0.825. The minimum atomic E-state index is 0.280. The van der Waals surface area contributed by atoms with Gasteiger partial charge in [0.15, 0.2) is 0 Å². The van der Waals surface area contributed by atoms with Crippen LogP contribution in [-0.2, 0) is 0 Å². The van der Waals surface area contributed by atoms with Crippen molar-refractivity contribution in [2.24, 2.45) is 5.92 Å². The van der Waals surface area contributed by atoms with Crippen LogP contribution in [-0.4, -0.2) is 22.7 Å². The first-order valence-corrected chi connectivity index (χ1v) is 6.81. The Morgan fingerprint density at radius 2 is 2.38 bits per heavy atom. The van der Waals surface area contributed by atoms with Crippen LogP contribution in [0.5, 0.6) is 0 Å². The highest BCUT2D eigenvalue weighted by molar-refractivity contribution is 7.11. The van der Waals surface area contributed by atoms with E-state index < -0.39 is 0 Å². The summed E-state index contributed by atoms with van der Waals surface area (Å²) in [5.41, 5.74) is 0. The Kier molecular flexibility index (Phi) is 3.95. The lowest BCUT2D eigenvalue weighted by molar-refractivity contribution is 0.250. The van der Waals surface area contributed by atoms with Gasteiger partial charge in [-0.05, 0) is 39.0 Å². The molecule has 0 radical (unpaired) electrons. The van der Waals surface area contributed by atoms with Crippen LogP contribution in [0.1, 0.15) is 42.1 Å². The van der Waals surface area contributed by atoms with Crippen molar-refractivity contribution in [3.63, 3.8) is 0 Å². The number of aromatic nitrogens is 1. The molecule has 1 saturated carbocycles. The van der Waals surface area contributed by atoms with E-state index in [4.69, 9.17) is 5.11 Å². The second-order valence-electron chi connectivity index (χ2n) is 4.63. The number of thiazole rings is 1.